The SMILES string of the molecule is CC(C)C1CCN(Cc2cccc(B(O)O)c2)C1. The minimum atomic E-state index is -1.37. The quantitative estimate of drug-likeness (QED) is 0.775. The summed E-state index contributed by atoms with van der Waals surface area (Å²) in [5.74, 6) is 1.55. The molecule has 1 heterocycles. The highest BCUT2D eigenvalue weighted by Gasteiger charge is 2.24. The molecule has 4 heteroatoms. The van der Waals surface area contributed by atoms with Gasteiger partial charge in [0.15, 0.2) is 0 Å². The van der Waals surface area contributed by atoms with Crippen LogP contribution in [0.2, 0.25) is 0 Å². The number of hydrogen-bond acceptors (Lipinski definition) is 3. The second kappa shape index (κ2) is 5.87. The first-order valence-corrected chi connectivity index (χ1v) is 6.73. The molecule has 1 saturated heterocycles. The number of nitrogens with zero attached hydrogens (tertiary/aromatic N) is 1. The molecule has 18 heavy (non-hydrogen) atoms. The Kier molecular flexibility index (Phi) is 4.43. The van der Waals surface area contributed by atoms with Gasteiger partial charge in [0.1, 0.15) is 0 Å². The highest BCUT2D eigenvalue weighted by molar-refractivity contribution is 6.58. The van der Waals surface area contributed by atoms with Crippen molar-refractivity contribution in [3.8, 4) is 0 Å². The fourth-order valence-corrected chi connectivity index (χ4v) is 2.66. The van der Waals surface area contributed by atoms with E-state index in [9.17, 15) is 0 Å². The smallest absolute Gasteiger partial charge is 0.423 e. The normalized spacial score (nSPS) is 20.6. The van der Waals surface area contributed by atoms with Crippen LogP contribution >= 0.6 is 0 Å². The molecule has 1 fully saturated rings. The van der Waals surface area contributed by atoms with Crippen LogP contribution in [-0.4, -0.2) is 35.2 Å². The van der Waals surface area contributed by atoms with Crippen LogP contribution in [0.15, 0.2) is 24.3 Å². The highest BCUT2D eigenvalue weighted by Crippen LogP contribution is 2.24. The Bertz CT molecular complexity index is 395. The third kappa shape index (κ3) is 3.34. The topological polar surface area (TPSA) is 43.7 Å². The van der Waals surface area contributed by atoms with Crippen molar-refractivity contribution < 1.29 is 10.0 Å². The molecule has 3 nitrogen and oxygen atoms in total. The van der Waals surface area contributed by atoms with Gasteiger partial charge in [0, 0.05) is 13.1 Å². The first kappa shape index (κ1) is 13.6. The third-order valence-corrected chi connectivity index (χ3v) is 3.91. The van der Waals surface area contributed by atoms with Crippen molar-refractivity contribution in [3.63, 3.8) is 0 Å². The predicted octanol–water partition coefficient (Wildman–Crippen LogP) is 0.844. The first-order chi connectivity index (χ1) is 8.56. The molecule has 0 bridgehead atoms. The molecule has 0 radical (unpaired) electrons. The third-order valence-electron chi connectivity index (χ3n) is 3.91. The molecular weight excluding hydrogens is 225 g/mol. The fraction of sp³-hybridized carbons (Fsp3) is 0.571. The molecule has 0 aliphatic carbocycles. The van der Waals surface area contributed by atoms with Crippen LogP contribution in [-0.2, 0) is 6.54 Å². The molecule has 1 aromatic rings. The maximum absolute atomic E-state index is 9.17. The maximum Gasteiger partial charge on any atom is 0.488 e. The van der Waals surface area contributed by atoms with Crippen molar-refractivity contribution in [1.29, 1.82) is 0 Å². The summed E-state index contributed by atoms with van der Waals surface area (Å²) in [5, 5.41) is 18.3. The Morgan fingerprint density at radius 1 is 1.39 bits per heavy atom. The van der Waals surface area contributed by atoms with Crippen molar-refractivity contribution in [1.82, 2.24) is 4.90 Å². The Labute approximate surface area is 110 Å². The van der Waals surface area contributed by atoms with E-state index in [-0.39, 0.29) is 0 Å². The molecule has 0 aromatic heterocycles. The molecule has 0 spiro atoms. The molecule has 1 atom stereocenters. The zero-order valence-electron chi connectivity index (χ0n) is 11.2. The van der Waals surface area contributed by atoms with Crippen LogP contribution in [0.4, 0.5) is 0 Å². The Hall–Kier alpha value is -0.835. The van der Waals surface area contributed by atoms with Crippen molar-refractivity contribution in [2.75, 3.05) is 13.1 Å². The van der Waals surface area contributed by atoms with Crippen LogP contribution in [0.3, 0.4) is 0 Å². The van der Waals surface area contributed by atoms with E-state index in [1.165, 1.54) is 6.42 Å². The summed E-state index contributed by atoms with van der Waals surface area (Å²) < 4.78 is 0. The summed E-state index contributed by atoms with van der Waals surface area (Å²) in [7, 11) is -1.37. The maximum atomic E-state index is 9.17. The van der Waals surface area contributed by atoms with Gasteiger partial charge in [0.05, 0.1) is 0 Å². The number of rotatable bonds is 4. The van der Waals surface area contributed by atoms with Crippen LogP contribution in [0.1, 0.15) is 25.8 Å². The summed E-state index contributed by atoms with van der Waals surface area (Å²) in [6, 6.07) is 7.57. The molecule has 2 N–H and O–H groups in total. The number of benzene rings is 1. The van der Waals surface area contributed by atoms with E-state index in [2.05, 4.69) is 24.8 Å². The van der Waals surface area contributed by atoms with Crippen LogP contribution < -0.4 is 5.46 Å². The van der Waals surface area contributed by atoms with Gasteiger partial charge in [-0.2, -0.15) is 0 Å². The summed E-state index contributed by atoms with van der Waals surface area (Å²) in [4.78, 5) is 2.45. The molecule has 1 aliphatic heterocycles. The van der Waals surface area contributed by atoms with E-state index < -0.39 is 7.12 Å². The molecule has 1 unspecified atom stereocenters. The zero-order valence-corrected chi connectivity index (χ0v) is 11.2. The van der Waals surface area contributed by atoms with Gasteiger partial charge >= 0.3 is 7.12 Å². The number of likely N-dealkylation sites (tertiary alicyclic amines) is 1. The lowest BCUT2D eigenvalue weighted by Gasteiger charge is -2.18. The summed E-state index contributed by atoms with van der Waals surface area (Å²) in [6.45, 7) is 7.79. The van der Waals surface area contributed by atoms with E-state index in [0.717, 1.165) is 37.0 Å². The molecule has 2 rings (SSSR count). The van der Waals surface area contributed by atoms with Gasteiger partial charge in [-0.05, 0) is 35.8 Å². The van der Waals surface area contributed by atoms with Crippen molar-refractivity contribution in [2.24, 2.45) is 11.8 Å². The van der Waals surface area contributed by atoms with Crippen LogP contribution in [0, 0.1) is 11.8 Å². The van der Waals surface area contributed by atoms with Crippen molar-refractivity contribution in [3.05, 3.63) is 29.8 Å². The molecule has 1 aliphatic rings. The first-order valence-electron chi connectivity index (χ1n) is 6.73. The molecule has 1 aromatic carbocycles. The standard InChI is InChI=1S/C14H22BNO2/c1-11(2)13-6-7-16(10-13)9-12-4-3-5-14(8-12)15(17)18/h3-5,8,11,13,17-18H,6-7,9-10H2,1-2H3. The second-order valence-electron chi connectivity index (χ2n) is 5.65. The lowest BCUT2D eigenvalue weighted by Crippen LogP contribution is -2.30. The van der Waals surface area contributed by atoms with Crippen LogP contribution in [0.25, 0.3) is 0 Å². The summed E-state index contributed by atoms with van der Waals surface area (Å²) in [5.41, 5.74) is 1.73. The largest absolute Gasteiger partial charge is 0.488 e. The Morgan fingerprint density at radius 3 is 2.78 bits per heavy atom. The Morgan fingerprint density at radius 2 is 2.17 bits per heavy atom. The van der Waals surface area contributed by atoms with E-state index in [0.29, 0.717) is 5.46 Å². The molecule has 0 amide bonds. The summed E-state index contributed by atoms with van der Waals surface area (Å²) in [6.07, 6.45) is 1.28. The van der Waals surface area contributed by atoms with E-state index in [1.54, 1.807) is 6.07 Å². The Balaban J connectivity index is 1.96. The average molecular weight is 247 g/mol. The second-order valence-corrected chi connectivity index (χ2v) is 5.65. The van der Waals surface area contributed by atoms with Gasteiger partial charge in [-0.25, -0.2) is 0 Å². The predicted molar refractivity (Wildman–Crippen MR) is 74.5 cm³/mol. The van der Waals surface area contributed by atoms with E-state index in [4.69, 9.17) is 10.0 Å². The van der Waals surface area contributed by atoms with Gasteiger partial charge in [-0.3, -0.25) is 4.90 Å². The van der Waals surface area contributed by atoms with Gasteiger partial charge in [0.2, 0.25) is 0 Å². The minimum Gasteiger partial charge on any atom is -0.423 e. The van der Waals surface area contributed by atoms with Gasteiger partial charge < -0.3 is 10.0 Å². The van der Waals surface area contributed by atoms with Gasteiger partial charge in [-0.15, -0.1) is 0 Å². The monoisotopic (exact) mass is 247 g/mol. The molecular formula is C14H22BNO2. The lowest BCUT2D eigenvalue weighted by atomic mass is 9.79. The highest BCUT2D eigenvalue weighted by atomic mass is 16.4. The number of hydrogen-bond donors (Lipinski definition) is 2. The zero-order chi connectivity index (χ0) is 13.1. The van der Waals surface area contributed by atoms with E-state index in [1.807, 2.05) is 12.1 Å². The summed E-state index contributed by atoms with van der Waals surface area (Å²) >= 11 is 0. The minimum absolute atomic E-state index is 0.576. The van der Waals surface area contributed by atoms with Crippen molar-refractivity contribution >= 4 is 12.6 Å². The molecule has 0 saturated carbocycles. The van der Waals surface area contributed by atoms with Crippen LogP contribution in [0.5, 0.6) is 0 Å². The fourth-order valence-electron chi connectivity index (χ4n) is 2.66. The van der Waals surface area contributed by atoms with Crippen molar-refractivity contribution in [2.45, 2.75) is 26.8 Å². The van der Waals surface area contributed by atoms with Gasteiger partial charge in [0.25, 0.3) is 0 Å². The van der Waals surface area contributed by atoms with Gasteiger partial charge in [-0.1, -0.05) is 38.1 Å². The molecule has 98 valence electrons. The lowest BCUT2D eigenvalue weighted by molar-refractivity contribution is 0.297. The average Bonchev–Trinajstić information content (AvgIpc) is 2.78. The van der Waals surface area contributed by atoms with E-state index >= 15 is 0 Å².